The second-order valence-corrected chi connectivity index (χ2v) is 7.36. The molecule has 1 aliphatic heterocycles. The van der Waals surface area contributed by atoms with E-state index >= 15 is 0 Å². The van der Waals surface area contributed by atoms with Gasteiger partial charge in [-0.2, -0.15) is 0 Å². The molecule has 10 heteroatoms. The lowest BCUT2D eigenvalue weighted by Gasteiger charge is -2.10. The SMILES string of the molecule is COc1cc(OC)cc(C(=O)Nc2nnc(CN3C(=O)c4ccccc4C3=O)s2)c1. The average molecular weight is 424 g/mol. The molecule has 4 rings (SSSR count). The monoisotopic (exact) mass is 424 g/mol. The summed E-state index contributed by atoms with van der Waals surface area (Å²) in [7, 11) is 2.99. The largest absolute Gasteiger partial charge is 0.497 e. The van der Waals surface area contributed by atoms with E-state index in [-0.39, 0.29) is 23.5 Å². The molecule has 9 nitrogen and oxygen atoms in total. The molecule has 0 radical (unpaired) electrons. The third-order valence-corrected chi connectivity index (χ3v) is 5.30. The Morgan fingerprint density at radius 2 is 1.60 bits per heavy atom. The standard InChI is InChI=1S/C20H16N4O5S/c1-28-12-7-11(8-13(9-12)29-2)17(25)21-20-23-22-16(30-20)10-24-18(26)14-5-3-4-6-15(14)19(24)27/h3-9H,10H2,1-2H3,(H,21,23,25). The van der Waals surface area contributed by atoms with Crippen LogP contribution < -0.4 is 14.8 Å². The van der Waals surface area contributed by atoms with Gasteiger partial charge in [-0.1, -0.05) is 23.5 Å². The van der Waals surface area contributed by atoms with Crippen LogP contribution in [0.3, 0.4) is 0 Å². The Bertz CT molecular complexity index is 1100. The minimum absolute atomic E-state index is 0.0210. The number of nitrogens with one attached hydrogen (secondary N) is 1. The van der Waals surface area contributed by atoms with E-state index in [1.807, 2.05) is 0 Å². The topological polar surface area (TPSA) is 111 Å². The van der Waals surface area contributed by atoms with Gasteiger partial charge >= 0.3 is 0 Å². The van der Waals surface area contributed by atoms with Crippen LogP contribution in [0.25, 0.3) is 0 Å². The van der Waals surface area contributed by atoms with Crippen molar-refractivity contribution in [1.29, 1.82) is 0 Å². The molecule has 2 heterocycles. The molecule has 0 aliphatic carbocycles. The number of benzene rings is 2. The van der Waals surface area contributed by atoms with Crippen molar-refractivity contribution in [3.05, 3.63) is 64.2 Å². The van der Waals surface area contributed by atoms with Crippen LogP contribution in [-0.2, 0) is 6.54 Å². The zero-order valence-corrected chi connectivity index (χ0v) is 16.9. The number of carbonyl (C=O) groups is 3. The van der Waals surface area contributed by atoms with Crippen LogP contribution in [0.4, 0.5) is 5.13 Å². The van der Waals surface area contributed by atoms with Crippen LogP contribution >= 0.6 is 11.3 Å². The van der Waals surface area contributed by atoms with Gasteiger partial charge in [-0.3, -0.25) is 24.6 Å². The molecule has 0 spiro atoms. The average Bonchev–Trinajstić information content (AvgIpc) is 3.31. The number of rotatable bonds is 6. The molecule has 1 aromatic heterocycles. The smallest absolute Gasteiger partial charge is 0.261 e. The van der Waals surface area contributed by atoms with Gasteiger partial charge in [-0.05, 0) is 24.3 Å². The second kappa shape index (κ2) is 7.91. The summed E-state index contributed by atoms with van der Waals surface area (Å²) in [4.78, 5) is 38.6. The summed E-state index contributed by atoms with van der Waals surface area (Å²) in [5.74, 6) is -0.221. The van der Waals surface area contributed by atoms with Crippen molar-refractivity contribution in [2.45, 2.75) is 6.54 Å². The van der Waals surface area contributed by atoms with Gasteiger partial charge in [-0.25, -0.2) is 0 Å². The predicted molar refractivity (Wildman–Crippen MR) is 108 cm³/mol. The zero-order valence-electron chi connectivity index (χ0n) is 16.0. The van der Waals surface area contributed by atoms with Crippen LogP contribution in [0, 0.1) is 0 Å². The second-order valence-electron chi connectivity index (χ2n) is 6.30. The summed E-state index contributed by atoms with van der Waals surface area (Å²) in [6.07, 6.45) is 0. The number of methoxy groups -OCH3 is 2. The number of anilines is 1. The molecule has 0 saturated carbocycles. The lowest BCUT2D eigenvalue weighted by atomic mass is 10.1. The molecular formula is C20H16N4O5S. The molecule has 0 fully saturated rings. The minimum Gasteiger partial charge on any atom is -0.497 e. The van der Waals surface area contributed by atoms with Gasteiger partial charge in [0.25, 0.3) is 17.7 Å². The number of hydrogen-bond acceptors (Lipinski definition) is 8. The third-order valence-electron chi connectivity index (χ3n) is 4.47. The molecule has 1 aliphatic rings. The van der Waals surface area contributed by atoms with E-state index < -0.39 is 5.91 Å². The summed E-state index contributed by atoms with van der Waals surface area (Å²) in [5.41, 5.74) is 1.06. The quantitative estimate of drug-likeness (QED) is 0.606. The summed E-state index contributed by atoms with van der Waals surface area (Å²) in [6.45, 7) is -0.0210. The number of carbonyl (C=O) groups excluding carboxylic acids is 3. The fourth-order valence-corrected chi connectivity index (χ4v) is 3.72. The fraction of sp³-hybridized carbons (Fsp3) is 0.150. The summed E-state index contributed by atoms with van der Waals surface area (Å²) >= 11 is 1.08. The first-order valence-corrected chi connectivity index (χ1v) is 9.64. The van der Waals surface area contributed by atoms with Crippen LogP contribution in [0.15, 0.2) is 42.5 Å². The highest BCUT2D eigenvalue weighted by atomic mass is 32.1. The van der Waals surface area contributed by atoms with Gasteiger partial charge in [0.15, 0.2) is 0 Å². The van der Waals surface area contributed by atoms with Crippen molar-refractivity contribution < 1.29 is 23.9 Å². The van der Waals surface area contributed by atoms with Gasteiger partial charge in [0.2, 0.25) is 5.13 Å². The van der Waals surface area contributed by atoms with Gasteiger partial charge in [0, 0.05) is 11.6 Å². The van der Waals surface area contributed by atoms with E-state index in [0.717, 1.165) is 16.2 Å². The summed E-state index contributed by atoms with van der Waals surface area (Å²) in [5, 5.41) is 11.2. The molecule has 3 amide bonds. The minimum atomic E-state index is -0.421. The van der Waals surface area contributed by atoms with Crippen molar-refractivity contribution in [2.24, 2.45) is 0 Å². The number of nitrogens with zero attached hydrogens (tertiary/aromatic N) is 3. The molecule has 0 saturated heterocycles. The maximum absolute atomic E-state index is 12.6. The number of aromatic nitrogens is 2. The van der Waals surface area contributed by atoms with E-state index in [4.69, 9.17) is 9.47 Å². The lowest BCUT2D eigenvalue weighted by molar-refractivity contribution is 0.0641. The van der Waals surface area contributed by atoms with E-state index in [0.29, 0.717) is 33.2 Å². The molecule has 0 unspecified atom stereocenters. The maximum Gasteiger partial charge on any atom is 0.261 e. The predicted octanol–water partition coefficient (Wildman–Crippen LogP) is 2.60. The molecule has 0 bridgehead atoms. The lowest BCUT2D eigenvalue weighted by Crippen LogP contribution is -2.29. The Balaban J connectivity index is 1.47. The van der Waals surface area contributed by atoms with Gasteiger partial charge in [0.05, 0.1) is 31.9 Å². The number of ether oxygens (including phenoxy) is 2. The highest BCUT2D eigenvalue weighted by Gasteiger charge is 2.35. The highest BCUT2D eigenvalue weighted by Crippen LogP contribution is 2.27. The van der Waals surface area contributed by atoms with Crippen LogP contribution in [0.1, 0.15) is 36.1 Å². The zero-order chi connectivity index (χ0) is 21.3. The van der Waals surface area contributed by atoms with Crippen molar-refractivity contribution in [3.8, 4) is 11.5 Å². The normalized spacial score (nSPS) is 12.7. The molecule has 2 aromatic carbocycles. The van der Waals surface area contributed by atoms with Gasteiger partial charge in [-0.15, -0.1) is 10.2 Å². The number of imide groups is 1. The number of hydrogen-bond donors (Lipinski definition) is 1. The van der Waals surface area contributed by atoms with E-state index in [1.165, 1.54) is 14.2 Å². The Morgan fingerprint density at radius 1 is 1.00 bits per heavy atom. The van der Waals surface area contributed by atoms with Gasteiger partial charge in [0.1, 0.15) is 16.5 Å². The summed E-state index contributed by atoms with van der Waals surface area (Å²) in [6, 6.07) is 11.4. The highest BCUT2D eigenvalue weighted by molar-refractivity contribution is 7.15. The molecule has 0 atom stereocenters. The van der Waals surface area contributed by atoms with Crippen molar-refractivity contribution >= 4 is 34.2 Å². The molecule has 1 N–H and O–H groups in total. The Morgan fingerprint density at radius 3 is 2.17 bits per heavy atom. The Labute approximate surface area is 175 Å². The summed E-state index contributed by atoms with van der Waals surface area (Å²) < 4.78 is 10.3. The first kappa shape index (κ1) is 19.5. The van der Waals surface area contributed by atoms with Crippen LogP contribution in [-0.4, -0.2) is 47.0 Å². The van der Waals surface area contributed by atoms with Crippen LogP contribution in [0.5, 0.6) is 11.5 Å². The fourth-order valence-electron chi connectivity index (χ4n) is 2.99. The molecule has 3 aromatic rings. The third kappa shape index (κ3) is 3.60. The number of fused-ring (bicyclic) bond motifs is 1. The van der Waals surface area contributed by atoms with Crippen molar-refractivity contribution in [3.63, 3.8) is 0 Å². The first-order valence-electron chi connectivity index (χ1n) is 8.82. The van der Waals surface area contributed by atoms with E-state index in [9.17, 15) is 14.4 Å². The molecule has 30 heavy (non-hydrogen) atoms. The van der Waals surface area contributed by atoms with Gasteiger partial charge < -0.3 is 9.47 Å². The maximum atomic E-state index is 12.6. The first-order chi connectivity index (χ1) is 14.5. The number of amides is 3. The Hall–Kier alpha value is -3.79. The molecular weight excluding hydrogens is 408 g/mol. The van der Waals surface area contributed by atoms with Crippen molar-refractivity contribution in [1.82, 2.24) is 15.1 Å². The Kier molecular flexibility index (Phi) is 5.15. The van der Waals surface area contributed by atoms with E-state index in [2.05, 4.69) is 15.5 Å². The van der Waals surface area contributed by atoms with Crippen molar-refractivity contribution in [2.75, 3.05) is 19.5 Å². The van der Waals surface area contributed by atoms with E-state index in [1.54, 1.807) is 42.5 Å². The van der Waals surface area contributed by atoms with Crippen LogP contribution in [0.2, 0.25) is 0 Å². The molecule has 152 valence electrons.